The second kappa shape index (κ2) is 7.66. The Kier molecular flexibility index (Phi) is 6.49. The summed E-state index contributed by atoms with van der Waals surface area (Å²) in [5.74, 6) is 1.06. The van der Waals surface area contributed by atoms with E-state index in [0.717, 1.165) is 25.3 Å². The number of halogens is 1. The van der Waals surface area contributed by atoms with E-state index in [4.69, 9.17) is 4.74 Å². The molecular weight excluding hydrogens is 288 g/mol. The number of carbonyl (C=O) groups excluding carboxylic acids is 1. The number of likely N-dealkylation sites (N-methyl/N-ethyl adjacent to an activating group) is 1. The Labute approximate surface area is 133 Å². The third kappa shape index (κ3) is 4.61. The topological polar surface area (TPSA) is 41.6 Å². The van der Waals surface area contributed by atoms with Crippen molar-refractivity contribution in [1.29, 1.82) is 0 Å². The van der Waals surface area contributed by atoms with Crippen LogP contribution < -0.4 is 10.1 Å². The minimum absolute atomic E-state index is 0. The van der Waals surface area contributed by atoms with E-state index in [0.29, 0.717) is 13.2 Å². The predicted octanol–water partition coefficient (Wildman–Crippen LogP) is 2.25. The molecule has 0 aromatic heterocycles. The molecule has 1 unspecified atom stereocenters. The molecule has 1 fully saturated rings. The van der Waals surface area contributed by atoms with Crippen molar-refractivity contribution in [2.45, 2.75) is 20.3 Å². The van der Waals surface area contributed by atoms with Crippen LogP contribution in [0.25, 0.3) is 0 Å². The fraction of sp³-hybridized carbons (Fsp3) is 0.562. The lowest BCUT2D eigenvalue weighted by atomic mass is 9.88. The molecule has 0 saturated carbocycles. The number of ether oxygens (including phenoxy) is 1. The number of rotatable bonds is 5. The molecule has 1 amide bonds. The number of aryl methyl sites for hydroxylation is 1. The minimum Gasteiger partial charge on any atom is -0.492 e. The van der Waals surface area contributed by atoms with Gasteiger partial charge in [0.15, 0.2) is 0 Å². The molecule has 1 saturated heterocycles. The highest BCUT2D eigenvalue weighted by Crippen LogP contribution is 2.26. The van der Waals surface area contributed by atoms with Crippen molar-refractivity contribution in [3.8, 4) is 5.75 Å². The Morgan fingerprint density at radius 3 is 2.86 bits per heavy atom. The molecule has 1 heterocycles. The highest BCUT2D eigenvalue weighted by atomic mass is 35.5. The normalized spacial score (nSPS) is 20.7. The average Bonchev–Trinajstić information content (AvgIpc) is 2.86. The molecular formula is C16H25ClN2O2. The van der Waals surface area contributed by atoms with E-state index < -0.39 is 0 Å². The number of hydrogen-bond donors (Lipinski definition) is 1. The summed E-state index contributed by atoms with van der Waals surface area (Å²) in [5, 5.41) is 3.26. The maximum Gasteiger partial charge on any atom is 0.229 e. The van der Waals surface area contributed by atoms with Gasteiger partial charge in [0.05, 0.1) is 12.0 Å². The van der Waals surface area contributed by atoms with Gasteiger partial charge >= 0.3 is 0 Å². The zero-order valence-electron chi connectivity index (χ0n) is 13.0. The number of amides is 1. The summed E-state index contributed by atoms with van der Waals surface area (Å²) >= 11 is 0. The van der Waals surface area contributed by atoms with Crippen LogP contribution in [0.15, 0.2) is 24.3 Å². The standard InChI is InChI=1S/C16H24N2O2.ClH/c1-13-5-4-6-14(11-13)20-10-9-18(3)15(19)16(2)7-8-17-12-16;/h4-6,11,17H,7-10,12H2,1-3H3;1H. The average molecular weight is 313 g/mol. The van der Waals surface area contributed by atoms with Crippen LogP contribution >= 0.6 is 12.4 Å². The van der Waals surface area contributed by atoms with Crippen LogP contribution in [0.5, 0.6) is 5.75 Å². The Balaban J connectivity index is 0.00000220. The fourth-order valence-electron chi connectivity index (χ4n) is 2.57. The zero-order chi connectivity index (χ0) is 14.6. The molecule has 0 spiro atoms. The number of nitrogens with zero attached hydrogens (tertiary/aromatic N) is 1. The lowest BCUT2D eigenvalue weighted by Crippen LogP contribution is -2.43. The Hall–Kier alpha value is -1.26. The van der Waals surface area contributed by atoms with Crippen LogP contribution in [0.3, 0.4) is 0 Å². The van der Waals surface area contributed by atoms with Crippen molar-refractivity contribution in [2.24, 2.45) is 5.41 Å². The molecule has 1 aromatic carbocycles. The van der Waals surface area contributed by atoms with Crippen LogP contribution in [0.4, 0.5) is 0 Å². The first-order valence-electron chi connectivity index (χ1n) is 7.17. The predicted molar refractivity (Wildman–Crippen MR) is 87.2 cm³/mol. The van der Waals surface area contributed by atoms with Gasteiger partial charge in [0.2, 0.25) is 5.91 Å². The van der Waals surface area contributed by atoms with Gasteiger partial charge in [-0.15, -0.1) is 12.4 Å². The fourth-order valence-corrected chi connectivity index (χ4v) is 2.57. The van der Waals surface area contributed by atoms with E-state index in [1.165, 1.54) is 5.56 Å². The first kappa shape index (κ1) is 17.8. The molecule has 2 rings (SSSR count). The van der Waals surface area contributed by atoms with E-state index in [2.05, 4.69) is 5.32 Å². The molecule has 1 aliphatic rings. The molecule has 0 bridgehead atoms. The van der Waals surface area contributed by atoms with Gasteiger partial charge in [-0.2, -0.15) is 0 Å². The Morgan fingerprint density at radius 1 is 1.48 bits per heavy atom. The minimum atomic E-state index is -0.252. The maximum absolute atomic E-state index is 12.4. The van der Waals surface area contributed by atoms with Crippen molar-refractivity contribution in [3.63, 3.8) is 0 Å². The largest absolute Gasteiger partial charge is 0.492 e. The molecule has 1 aromatic rings. The molecule has 1 aliphatic heterocycles. The second-order valence-electron chi connectivity index (χ2n) is 5.88. The molecule has 0 aliphatic carbocycles. The number of benzene rings is 1. The van der Waals surface area contributed by atoms with Crippen LogP contribution in [-0.4, -0.2) is 44.1 Å². The van der Waals surface area contributed by atoms with E-state index in [1.54, 1.807) is 4.90 Å². The lowest BCUT2D eigenvalue weighted by molar-refractivity contribution is -0.139. The molecule has 5 heteroatoms. The summed E-state index contributed by atoms with van der Waals surface area (Å²) in [6.07, 6.45) is 0.912. The monoisotopic (exact) mass is 312 g/mol. The number of hydrogen-bond acceptors (Lipinski definition) is 3. The molecule has 1 N–H and O–H groups in total. The highest BCUT2D eigenvalue weighted by molar-refractivity contribution is 5.85. The summed E-state index contributed by atoms with van der Waals surface area (Å²) in [7, 11) is 1.85. The van der Waals surface area contributed by atoms with Crippen LogP contribution in [0.1, 0.15) is 18.9 Å². The van der Waals surface area contributed by atoms with Gasteiger partial charge in [0.25, 0.3) is 0 Å². The summed E-state index contributed by atoms with van der Waals surface area (Å²) in [4.78, 5) is 14.2. The third-order valence-electron chi connectivity index (χ3n) is 3.92. The molecule has 1 atom stereocenters. The summed E-state index contributed by atoms with van der Waals surface area (Å²) in [6.45, 7) is 6.91. The number of nitrogens with one attached hydrogen (secondary N) is 1. The second-order valence-corrected chi connectivity index (χ2v) is 5.88. The first-order valence-corrected chi connectivity index (χ1v) is 7.17. The molecule has 118 valence electrons. The van der Waals surface area contributed by atoms with Gasteiger partial charge in [0, 0.05) is 13.6 Å². The first-order chi connectivity index (χ1) is 9.51. The summed E-state index contributed by atoms with van der Waals surface area (Å²) in [5.41, 5.74) is 0.925. The van der Waals surface area contributed by atoms with E-state index >= 15 is 0 Å². The van der Waals surface area contributed by atoms with Crippen LogP contribution in [0, 0.1) is 12.3 Å². The quantitative estimate of drug-likeness (QED) is 0.907. The summed E-state index contributed by atoms with van der Waals surface area (Å²) in [6, 6.07) is 7.96. The molecule has 0 radical (unpaired) electrons. The van der Waals surface area contributed by atoms with Crippen molar-refractivity contribution in [2.75, 3.05) is 33.3 Å². The van der Waals surface area contributed by atoms with Crippen molar-refractivity contribution in [1.82, 2.24) is 10.2 Å². The Bertz CT molecular complexity index is 473. The molecule has 21 heavy (non-hydrogen) atoms. The Morgan fingerprint density at radius 2 is 2.24 bits per heavy atom. The van der Waals surface area contributed by atoms with Crippen molar-refractivity contribution >= 4 is 18.3 Å². The van der Waals surface area contributed by atoms with Gasteiger partial charge in [-0.05, 0) is 44.5 Å². The summed E-state index contributed by atoms with van der Waals surface area (Å²) < 4.78 is 5.69. The van der Waals surface area contributed by atoms with Gasteiger partial charge in [-0.1, -0.05) is 12.1 Å². The highest BCUT2D eigenvalue weighted by Gasteiger charge is 2.37. The van der Waals surface area contributed by atoms with Crippen LogP contribution in [-0.2, 0) is 4.79 Å². The number of carbonyl (C=O) groups is 1. The zero-order valence-corrected chi connectivity index (χ0v) is 13.8. The lowest BCUT2D eigenvalue weighted by Gasteiger charge is -2.28. The molecule has 4 nitrogen and oxygen atoms in total. The van der Waals surface area contributed by atoms with Crippen molar-refractivity contribution < 1.29 is 9.53 Å². The smallest absolute Gasteiger partial charge is 0.229 e. The maximum atomic E-state index is 12.4. The van der Waals surface area contributed by atoms with Gasteiger partial charge in [-0.25, -0.2) is 0 Å². The van der Waals surface area contributed by atoms with E-state index in [9.17, 15) is 4.79 Å². The van der Waals surface area contributed by atoms with E-state index in [-0.39, 0.29) is 23.7 Å². The third-order valence-corrected chi connectivity index (χ3v) is 3.92. The van der Waals surface area contributed by atoms with Gasteiger partial charge in [-0.3, -0.25) is 4.79 Å². The SMILES string of the molecule is Cc1cccc(OCCN(C)C(=O)C2(C)CCNC2)c1.Cl. The van der Waals surface area contributed by atoms with Gasteiger partial charge in [0.1, 0.15) is 12.4 Å². The van der Waals surface area contributed by atoms with Gasteiger partial charge < -0.3 is 15.0 Å². The van der Waals surface area contributed by atoms with Crippen LogP contribution in [0.2, 0.25) is 0 Å². The van der Waals surface area contributed by atoms with Crippen molar-refractivity contribution in [3.05, 3.63) is 29.8 Å². The van der Waals surface area contributed by atoms with E-state index in [1.807, 2.05) is 45.2 Å².